The van der Waals surface area contributed by atoms with E-state index in [0.29, 0.717) is 33.3 Å². The summed E-state index contributed by atoms with van der Waals surface area (Å²) in [6, 6.07) is 3.01. The van der Waals surface area contributed by atoms with Crippen molar-refractivity contribution < 1.29 is 14.3 Å². The average molecular weight is 315 g/mol. The minimum atomic E-state index is -0.944. The molecule has 2 rings (SSSR count). The number of aromatic nitrogens is 2. The summed E-state index contributed by atoms with van der Waals surface area (Å²) in [4.78, 5) is 14.9. The molecule has 0 radical (unpaired) electrons. The number of fused-ring (bicyclic) bond motifs is 1. The quantitative estimate of drug-likeness (QED) is 0.859. The molecule has 1 aromatic carbocycles. The van der Waals surface area contributed by atoms with Gasteiger partial charge in [-0.05, 0) is 18.6 Å². The van der Waals surface area contributed by atoms with E-state index in [9.17, 15) is 9.18 Å². The molecule has 7 heteroatoms. The summed E-state index contributed by atoms with van der Waals surface area (Å²) in [7, 11) is 0. The van der Waals surface area contributed by atoms with Gasteiger partial charge >= 0.3 is 5.97 Å². The number of carboxylic acids is 1. The van der Waals surface area contributed by atoms with Crippen LogP contribution in [0.5, 0.6) is 0 Å². The number of aryl methyl sites for hydroxylation is 1. The molecular formula is C13H12ClFN2O2S. The van der Waals surface area contributed by atoms with Crippen molar-refractivity contribution in [1.82, 2.24) is 9.55 Å². The number of benzene rings is 1. The molecule has 4 nitrogen and oxygen atoms in total. The summed E-state index contributed by atoms with van der Waals surface area (Å²) in [5, 5.41) is 9.62. The monoisotopic (exact) mass is 314 g/mol. The van der Waals surface area contributed by atoms with Crippen molar-refractivity contribution in [3.05, 3.63) is 35.1 Å². The number of carbonyl (C=O) groups is 1. The van der Waals surface area contributed by atoms with Gasteiger partial charge in [0.25, 0.3) is 0 Å². The zero-order valence-corrected chi connectivity index (χ0v) is 12.3. The molecule has 0 amide bonds. The number of imidazole rings is 1. The van der Waals surface area contributed by atoms with Crippen molar-refractivity contribution in [3.8, 4) is 0 Å². The van der Waals surface area contributed by atoms with Gasteiger partial charge in [0.15, 0.2) is 5.16 Å². The number of nitrogens with zero attached hydrogens (tertiary/aromatic N) is 2. The SMILES string of the molecule is C=C(Cl)Cn1c(SCC(=O)O)nc2cc(F)c(C)cc21. The zero-order chi connectivity index (χ0) is 14.9. The summed E-state index contributed by atoms with van der Waals surface area (Å²) in [5.41, 5.74) is 1.67. The number of halogens is 2. The zero-order valence-electron chi connectivity index (χ0n) is 10.7. The van der Waals surface area contributed by atoms with Crippen molar-refractivity contribution in [3.63, 3.8) is 0 Å². The Morgan fingerprint density at radius 3 is 2.90 bits per heavy atom. The van der Waals surface area contributed by atoms with Crippen molar-refractivity contribution in [2.45, 2.75) is 18.6 Å². The van der Waals surface area contributed by atoms with Crippen LogP contribution in [0.25, 0.3) is 11.0 Å². The van der Waals surface area contributed by atoms with E-state index in [1.807, 2.05) is 0 Å². The van der Waals surface area contributed by atoms with Gasteiger partial charge in [0.2, 0.25) is 0 Å². The molecule has 0 saturated carbocycles. The molecule has 0 aliphatic rings. The first-order valence-corrected chi connectivity index (χ1v) is 7.09. The maximum absolute atomic E-state index is 13.6. The van der Waals surface area contributed by atoms with Crippen LogP contribution in [0.15, 0.2) is 28.9 Å². The van der Waals surface area contributed by atoms with Gasteiger partial charge in [0, 0.05) is 11.1 Å². The molecule has 1 aromatic heterocycles. The van der Waals surface area contributed by atoms with E-state index in [1.165, 1.54) is 6.07 Å². The molecule has 0 aliphatic carbocycles. The van der Waals surface area contributed by atoms with E-state index in [4.69, 9.17) is 16.7 Å². The Kier molecular flexibility index (Phi) is 4.35. The number of rotatable bonds is 5. The fourth-order valence-electron chi connectivity index (χ4n) is 1.79. The van der Waals surface area contributed by atoms with Gasteiger partial charge in [-0.1, -0.05) is 29.9 Å². The minimum Gasteiger partial charge on any atom is -0.481 e. The van der Waals surface area contributed by atoms with Gasteiger partial charge in [-0.3, -0.25) is 4.79 Å². The molecule has 1 N–H and O–H groups in total. The van der Waals surface area contributed by atoms with E-state index in [2.05, 4.69) is 11.6 Å². The van der Waals surface area contributed by atoms with E-state index < -0.39 is 5.97 Å². The largest absolute Gasteiger partial charge is 0.481 e. The van der Waals surface area contributed by atoms with Crippen molar-refractivity contribution in [1.29, 1.82) is 0 Å². The molecule has 20 heavy (non-hydrogen) atoms. The molecule has 0 atom stereocenters. The van der Waals surface area contributed by atoms with Gasteiger partial charge in [0.1, 0.15) is 5.82 Å². The van der Waals surface area contributed by atoms with Crippen LogP contribution in [0.2, 0.25) is 0 Å². The smallest absolute Gasteiger partial charge is 0.313 e. The van der Waals surface area contributed by atoms with Crippen LogP contribution in [-0.4, -0.2) is 26.4 Å². The molecule has 0 unspecified atom stereocenters. The third-order valence-electron chi connectivity index (χ3n) is 2.65. The highest BCUT2D eigenvalue weighted by atomic mass is 35.5. The first-order valence-electron chi connectivity index (χ1n) is 5.72. The first-order chi connectivity index (χ1) is 9.38. The van der Waals surface area contributed by atoms with Gasteiger partial charge in [-0.2, -0.15) is 0 Å². The number of thioether (sulfide) groups is 1. The van der Waals surface area contributed by atoms with Crippen molar-refractivity contribution in [2.75, 3.05) is 5.75 Å². The van der Waals surface area contributed by atoms with E-state index in [1.54, 1.807) is 17.6 Å². The Morgan fingerprint density at radius 1 is 1.60 bits per heavy atom. The Morgan fingerprint density at radius 2 is 2.30 bits per heavy atom. The van der Waals surface area contributed by atoms with E-state index >= 15 is 0 Å². The number of allylic oxidation sites excluding steroid dienone is 1. The van der Waals surface area contributed by atoms with Crippen LogP contribution >= 0.6 is 23.4 Å². The molecule has 0 spiro atoms. The predicted octanol–water partition coefficient (Wildman–Crippen LogP) is 3.41. The number of aliphatic carboxylic acids is 1. The highest BCUT2D eigenvalue weighted by molar-refractivity contribution is 7.99. The van der Waals surface area contributed by atoms with Gasteiger partial charge in [-0.25, -0.2) is 9.37 Å². The summed E-state index contributed by atoms with van der Waals surface area (Å²) in [6.07, 6.45) is 0. The van der Waals surface area contributed by atoms with Crippen LogP contribution in [0.1, 0.15) is 5.56 Å². The summed E-state index contributed by atoms with van der Waals surface area (Å²) < 4.78 is 15.3. The van der Waals surface area contributed by atoms with Crippen LogP contribution in [-0.2, 0) is 11.3 Å². The second-order valence-corrected chi connectivity index (χ2v) is 5.75. The predicted molar refractivity (Wildman–Crippen MR) is 77.8 cm³/mol. The van der Waals surface area contributed by atoms with Crippen LogP contribution in [0.4, 0.5) is 4.39 Å². The molecule has 0 fully saturated rings. The molecule has 0 aliphatic heterocycles. The van der Waals surface area contributed by atoms with Crippen LogP contribution in [0.3, 0.4) is 0 Å². The molecule has 1 heterocycles. The van der Waals surface area contributed by atoms with Crippen LogP contribution < -0.4 is 0 Å². The molecule has 2 aromatic rings. The Labute approximate surface area is 124 Å². The maximum atomic E-state index is 13.6. The van der Waals surface area contributed by atoms with Crippen molar-refractivity contribution in [2.24, 2.45) is 0 Å². The lowest BCUT2D eigenvalue weighted by atomic mass is 10.2. The highest BCUT2D eigenvalue weighted by Gasteiger charge is 2.15. The summed E-state index contributed by atoms with van der Waals surface area (Å²) >= 11 is 6.90. The molecule has 0 bridgehead atoms. The Hall–Kier alpha value is -1.53. The topological polar surface area (TPSA) is 55.1 Å². The fourth-order valence-corrected chi connectivity index (χ4v) is 2.64. The fraction of sp³-hybridized carbons (Fsp3) is 0.231. The summed E-state index contributed by atoms with van der Waals surface area (Å²) in [6.45, 7) is 5.59. The van der Waals surface area contributed by atoms with Crippen molar-refractivity contribution >= 4 is 40.4 Å². The lowest BCUT2D eigenvalue weighted by Gasteiger charge is -2.07. The average Bonchev–Trinajstić information content (AvgIpc) is 2.65. The normalized spacial score (nSPS) is 10.9. The number of hydrogen-bond acceptors (Lipinski definition) is 3. The lowest BCUT2D eigenvalue weighted by Crippen LogP contribution is -2.03. The molecular weight excluding hydrogens is 303 g/mol. The van der Waals surface area contributed by atoms with Crippen LogP contribution in [0, 0.1) is 12.7 Å². The minimum absolute atomic E-state index is 0.125. The Bertz CT molecular complexity index is 699. The summed E-state index contributed by atoms with van der Waals surface area (Å²) in [5.74, 6) is -1.41. The third-order valence-corrected chi connectivity index (χ3v) is 3.73. The van der Waals surface area contributed by atoms with Gasteiger partial charge < -0.3 is 9.67 Å². The molecule has 0 saturated heterocycles. The van der Waals surface area contributed by atoms with E-state index in [-0.39, 0.29) is 11.6 Å². The van der Waals surface area contributed by atoms with Gasteiger partial charge in [-0.15, -0.1) is 0 Å². The second kappa shape index (κ2) is 5.85. The maximum Gasteiger partial charge on any atom is 0.313 e. The second-order valence-electron chi connectivity index (χ2n) is 4.27. The third kappa shape index (κ3) is 3.13. The van der Waals surface area contributed by atoms with E-state index in [0.717, 1.165) is 11.8 Å². The number of hydrogen-bond donors (Lipinski definition) is 1. The lowest BCUT2D eigenvalue weighted by molar-refractivity contribution is -0.133. The molecule has 106 valence electrons. The standard InChI is InChI=1S/C13H12ClFN2O2S/c1-7-3-11-10(4-9(7)15)16-13(20-6-12(18)19)17(11)5-8(2)14/h3-4H,2,5-6H2,1H3,(H,18,19). The Balaban J connectivity index is 2.54. The highest BCUT2D eigenvalue weighted by Crippen LogP contribution is 2.27. The number of carboxylic acid groups (broad SMARTS) is 1. The first kappa shape index (κ1) is 14.9. The van der Waals surface area contributed by atoms with Gasteiger partial charge in [0.05, 0.1) is 23.3 Å².